The van der Waals surface area contributed by atoms with Gasteiger partial charge in [0.15, 0.2) is 0 Å². The van der Waals surface area contributed by atoms with Crippen molar-refractivity contribution in [3.63, 3.8) is 0 Å². The number of alkyl halides is 3. The number of rotatable bonds is 10. The highest BCUT2D eigenvalue weighted by Crippen LogP contribution is 2.43. The summed E-state index contributed by atoms with van der Waals surface area (Å²) in [5.41, 5.74) is -2.53. The molecular formula is C28H32F4N2O3. The number of hydrogen-bond acceptors (Lipinski definition) is 3. The van der Waals surface area contributed by atoms with Gasteiger partial charge in [0.25, 0.3) is 5.91 Å². The molecular weight excluding hydrogens is 488 g/mol. The molecule has 0 aromatic heterocycles. The van der Waals surface area contributed by atoms with Crippen molar-refractivity contribution in [3.8, 4) is 0 Å². The van der Waals surface area contributed by atoms with Gasteiger partial charge in [-0.15, -0.1) is 0 Å². The Labute approximate surface area is 214 Å². The summed E-state index contributed by atoms with van der Waals surface area (Å²) in [4.78, 5) is 27.3. The van der Waals surface area contributed by atoms with Crippen molar-refractivity contribution in [2.75, 3.05) is 0 Å². The number of benzene rings is 2. The van der Waals surface area contributed by atoms with E-state index in [1.807, 2.05) is 20.8 Å². The SMILES string of the molecule is C=C1N[C@](CCC(C)C)(c2ccc(F)cc2)C(=O)N1C(CCCC)c1ccc(C(F)(F)F)c(C(=O)O)c1. The van der Waals surface area contributed by atoms with Crippen LogP contribution in [0.1, 0.15) is 86.0 Å². The maximum atomic E-state index is 14.2. The van der Waals surface area contributed by atoms with E-state index in [9.17, 15) is 32.3 Å². The first-order valence-electron chi connectivity index (χ1n) is 12.3. The summed E-state index contributed by atoms with van der Waals surface area (Å²) in [6, 6.07) is 7.86. The minimum absolute atomic E-state index is 0.260. The lowest BCUT2D eigenvalue weighted by atomic mass is 9.83. The van der Waals surface area contributed by atoms with Crippen molar-refractivity contribution in [1.29, 1.82) is 0 Å². The Morgan fingerprint density at radius 1 is 1.14 bits per heavy atom. The van der Waals surface area contributed by atoms with Crippen LogP contribution in [0.15, 0.2) is 54.9 Å². The molecule has 37 heavy (non-hydrogen) atoms. The van der Waals surface area contributed by atoms with Gasteiger partial charge in [0.1, 0.15) is 17.2 Å². The molecule has 3 rings (SSSR count). The minimum Gasteiger partial charge on any atom is -0.478 e. The summed E-state index contributed by atoms with van der Waals surface area (Å²) in [6.07, 6.45) is -2.01. The van der Waals surface area contributed by atoms with E-state index in [0.29, 0.717) is 31.2 Å². The minimum atomic E-state index is -4.84. The van der Waals surface area contributed by atoms with E-state index >= 15 is 0 Å². The van der Waals surface area contributed by atoms with Crippen molar-refractivity contribution < 1.29 is 32.3 Å². The molecule has 2 atom stereocenters. The predicted octanol–water partition coefficient (Wildman–Crippen LogP) is 7.01. The van der Waals surface area contributed by atoms with Gasteiger partial charge >= 0.3 is 12.1 Å². The zero-order valence-corrected chi connectivity index (χ0v) is 21.2. The van der Waals surface area contributed by atoms with Crippen LogP contribution in [0.5, 0.6) is 0 Å². The Morgan fingerprint density at radius 2 is 1.78 bits per heavy atom. The summed E-state index contributed by atoms with van der Waals surface area (Å²) < 4.78 is 54.1. The second-order valence-corrected chi connectivity index (χ2v) is 9.86. The third kappa shape index (κ3) is 5.81. The lowest BCUT2D eigenvalue weighted by Gasteiger charge is -2.31. The van der Waals surface area contributed by atoms with Gasteiger partial charge in [0, 0.05) is 0 Å². The Bertz CT molecular complexity index is 1160. The summed E-state index contributed by atoms with van der Waals surface area (Å²) in [6.45, 7) is 10.0. The Balaban J connectivity index is 2.13. The molecule has 2 N–H and O–H groups in total. The first-order valence-corrected chi connectivity index (χ1v) is 12.3. The average molecular weight is 521 g/mol. The van der Waals surface area contributed by atoms with Gasteiger partial charge < -0.3 is 10.4 Å². The van der Waals surface area contributed by atoms with Gasteiger partial charge in [-0.1, -0.05) is 58.4 Å². The van der Waals surface area contributed by atoms with E-state index in [2.05, 4.69) is 11.9 Å². The van der Waals surface area contributed by atoms with Crippen LogP contribution in [0, 0.1) is 11.7 Å². The summed E-state index contributed by atoms with van der Waals surface area (Å²) in [7, 11) is 0. The maximum Gasteiger partial charge on any atom is 0.417 e. The molecule has 0 radical (unpaired) electrons. The lowest BCUT2D eigenvalue weighted by Crippen LogP contribution is -2.44. The van der Waals surface area contributed by atoms with Gasteiger partial charge in [0.05, 0.1) is 17.2 Å². The highest BCUT2D eigenvalue weighted by Gasteiger charge is 2.51. The van der Waals surface area contributed by atoms with Crippen molar-refractivity contribution in [3.05, 3.63) is 82.9 Å². The molecule has 0 bridgehead atoms. The van der Waals surface area contributed by atoms with Crippen LogP contribution in [-0.4, -0.2) is 21.9 Å². The average Bonchev–Trinajstić information content (AvgIpc) is 3.08. The zero-order chi connectivity index (χ0) is 27.5. The fourth-order valence-corrected chi connectivity index (χ4v) is 4.80. The molecule has 0 saturated carbocycles. The van der Waals surface area contributed by atoms with E-state index < -0.39 is 40.7 Å². The molecule has 200 valence electrons. The van der Waals surface area contributed by atoms with E-state index in [-0.39, 0.29) is 23.2 Å². The lowest BCUT2D eigenvalue weighted by molar-refractivity contribution is -0.138. The van der Waals surface area contributed by atoms with Crippen LogP contribution >= 0.6 is 0 Å². The van der Waals surface area contributed by atoms with Crippen molar-refractivity contribution in [2.45, 2.75) is 70.6 Å². The number of amides is 1. The summed E-state index contributed by atoms with van der Waals surface area (Å²) in [5, 5.41) is 12.7. The highest BCUT2D eigenvalue weighted by atomic mass is 19.4. The number of carbonyl (C=O) groups is 2. The molecule has 1 heterocycles. The molecule has 1 amide bonds. The molecule has 1 fully saturated rings. The first-order chi connectivity index (χ1) is 17.3. The molecule has 0 aliphatic carbocycles. The fourth-order valence-electron chi connectivity index (χ4n) is 4.80. The van der Waals surface area contributed by atoms with Crippen LogP contribution in [0.2, 0.25) is 0 Å². The van der Waals surface area contributed by atoms with Crippen LogP contribution in [0.25, 0.3) is 0 Å². The van der Waals surface area contributed by atoms with Crippen LogP contribution in [0.3, 0.4) is 0 Å². The molecule has 0 spiro atoms. The number of nitrogens with one attached hydrogen (secondary N) is 1. The topological polar surface area (TPSA) is 69.6 Å². The standard InChI is InChI=1S/C28H32F4N2O3/c1-5-6-7-24(19-8-13-23(28(30,31)32)22(16-19)25(35)36)34-18(4)33-27(26(34)37,15-14-17(2)3)20-9-11-21(29)12-10-20/h8-13,16-17,24,33H,4-7,14-15H2,1-3H3,(H,35,36)/t24?,27-/m1/s1. The third-order valence-corrected chi connectivity index (χ3v) is 6.77. The second kappa shape index (κ2) is 10.9. The summed E-state index contributed by atoms with van der Waals surface area (Å²) in [5.74, 6) is -1.99. The fraction of sp³-hybridized carbons (Fsp3) is 0.429. The van der Waals surface area contributed by atoms with E-state index in [4.69, 9.17) is 0 Å². The Hall–Kier alpha value is -3.36. The normalized spacial score (nSPS) is 18.9. The van der Waals surface area contributed by atoms with Crippen LogP contribution < -0.4 is 5.32 Å². The van der Waals surface area contributed by atoms with E-state index in [1.165, 1.54) is 23.1 Å². The third-order valence-electron chi connectivity index (χ3n) is 6.77. The molecule has 5 nitrogen and oxygen atoms in total. The first kappa shape index (κ1) is 28.2. The number of hydrogen-bond donors (Lipinski definition) is 2. The molecule has 2 aromatic rings. The maximum absolute atomic E-state index is 14.2. The predicted molar refractivity (Wildman–Crippen MR) is 132 cm³/mol. The Morgan fingerprint density at radius 3 is 2.32 bits per heavy atom. The quantitative estimate of drug-likeness (QED) is 0.331. The number of aromatic carboxylic acids is 1. The van der Waals surface area contributed by atoms with Gasteiger partial charge in [-0.05, 0) is 60.6 Å². The highest BCUT2D eigenvalue weighted by molar-refractivity contribution is 5.93. The molecule has 9 heteroatoms. The molecule has 1 saturated heterocycles. The van der Waals surface area contributed by atoms with Crippen molar-refractivity contribution in [1.82, 2.24) is 10.2 Å². The number of carboxylic acid groups (broad SMARTS) is 1. The number of halogens is 4. The van der Waals surface area contributed by atoms with Crippen molar-refractivity contribution >= 4 is 11.9 Å². The number of carboxylic acids is 1. The van der Waals surface area contributed by atoms with Crippen LogP contribution in [-0.2, 0) is 16.5 Å². The van der Waals surface area contributed by atoms with E-state index in [1.54, 1.807) is 12.1 Å². The van der Waals surface area contributed by atoms with Crippen LogP contribution in [0.4, 0.5) is 17.6 Å². The molecule has 1 aliphatic rings. The molecule has 1 aliphatic heterocycles. The monoisotopic (exact) mass is 520 g/mol. The van der Waals surface area contributed by atoms with Gasteiger partial charge in [-0.3, -0.25) is 9.69 Å². The van der Waals surface area contributed by atoms with E-state index in [0.717, 1.165) is 18.6 Å². The zero-order valence-electron chi connectivity index (χ0n) is 21.2. The number of unbranched alkanes of at least 4 members (excludes halogenated alkanes) is 1. The molecule has 1 unspecified atom stereocenters. The largest absolute Gasteiger partial charge is 0.478 e. The molecule has 2 aromatic carbocycles. The van der Waals surface area contributed by atoms with Gasteiger partial charge in [-0.2, -0.15) is 13.2 Å². The Kier molecular flexibility index (Phi) is 8.35. The number of carbonyl (C=O) groups excluding carboxylic acids is 1. The second-order valence-electron chi connectivity index (χ2n) is 9.86. The van der Waals surface area contributed by atoms with Gasteiger partial charge in [0.2, 0.25) is 0 Å². The number of nitrogens with zero attached hydrogens (tertiary/aromatic N) is 1. The summed E-state index contributed by atoms with van der Waals surface area (Å²) >= 11 is 0. The van der Waals surface area contributed by atoms with Gasteiger partial charge in [-0.25, -0.2) is 9.18 Å². The smallest absolute Gasteiger partial charge is 0.417 e. The van der Waals surface area contributed by atoms with Crippen molar-refractivity contribution in [2.24, 2.45) is 5.92 Å².